The minimum Gasteiger partial charge on any atom is -0.462 e. The van der Waals surface area contributed by atoms with E-state index in [1.54, 1.807) is 46.3 Å². The van der Waals surface area contributed by atoms with Crippen molar-refractivity contribution in [1.82, 2.24) is 24.6 Å². The second-order valence-electron chi connectivity index (χ2n) is 9.40. The summed E-state index contributed by atoms with van der Waals surface area (Å²) >= 11 is 5.81. The van der Waals surface area contributed by atoms with Crippen LogP contribution in [0.25, 0.3) is 11.2 Å². The molecule has 206 valence electrons. The topological polar surface area (TPSA) is 148 Å². The fourth-order valence-corrected chi connectivity index (χ4v) is 6.61. The Bertz CT molecular complexity index is 1310. The fraction of sp³-hybridized carbons (Fsp3) is 0.500. The zero-order valence-corrected chi connectivity index (χ0v) is 23.7. The zero-order valence-electron chi connectivity index (χ0n) is 22.0. The van der Waals surface area contributed by atoms with Gasteiger partial charge in [0.05, 0.1) is 25.1 Å². The van der Waals surface area contributed by atoms with Crippen LogP contribution in [0.3, 0.4) is 0 Å². The summed E-state index contributed by atoms with van der Waals surface area (Å²) < 4.78 is 25.8. The number of benzene rings is 1. The van der Waals surface area contributed by atoms with Crippen LogP contribution in [0.5, 0.6) is 5.75 Å². The van der Waals surface area contributed by atoms with Crippen molar-refractivity contribution >= 4 is 47.3 Å². The Balaban J connectivity index is 1.48. The molecule has 0 bridgehead atoms. The number of fused-ring (bicyclic) bond motifs is 1. The lowest BCUT2D eigenvalue weighted by molar-refractivity contribution is -0.149. The Morgan fingerprint density at radius 2 is 2.03 bits per heavy atom. The van der Waals surface area contributed by atoms with Crippen molar-refractivity contribution in [3.63, 3.8) is 0 Å². The molecule has 1 aliphatic rings. The highest BCUT2D eigenvalue weighted by atomic mass is 32.5. The van der Waals surface area contributed by atoms with Crippen LogP contribution in [0, 0.1) is 5.92 Å². The first-order valence-electron chi connectivity index (χ1n) is 12.4. The van der Waals surface area contributed by atoms with Crippen molar-refractivity contribution in [2.45, 2.75) is 58.6 Å². The summed E-state index contributed by atoms with van der Waals surface area (Å²) in [5.41, 5.74) is 7.10. The number of nitrogen functional groups attached to an aromatic ring is 1. The molecule has 0 amide bonds. The predicted octanol–water partition coefficient (Wildman–Crippen LogP) is 3.62. The standard InChI is InChI=1S/C24H34N7O5PS/c1-14(2)34-23(32)16(4)30-37(38,36-17-9-7-6-8-10-17)33-12-18-11-15(3)22(35-18)31-13-27-19-20(26-5)28-24(25)29-21(19)31/h6-10,13-16,18,22H,11-12H2,1-5H3,(H,30,38)(H3,25,26,28,29)/t15-,16+,18-,22+,37?/m0/s1. The maximum atomic E-state index is 12.5. The van der Waals surface area contributed by atoms with Crippen LogP contribution in [-0.4, -0.2) is 57.4 Å². The van der Waals surface area contributed by atoms with Crippen molar-refractivity contribution in [3.05, 3.63) is 36.7 Å². The van der Waals surface area contributed by atoms with Crippen molar-refractivity contribution in [2.24, 2.45) is 5.92 Å². The Morgan fingerprint density at radius 1 is 1.29 bits per heavy atom. The highest BCUT2D eigenvalue weighted by molar-refractivity contribution is 8.09. The van der Waals surface area contributed by atoms with Gasteiger partial charge in [-0.05, 0) is 51.1 Å². The number of carbonyl (C=O) groups is 1. The van der Waals surface area contributed by atoms with Crippen LogP contribution in [0.1, 0.15) is 40.3 Å². The SMILES string of the molecule is CNc1nc(N)nc2c1ncn2[C@@H]1O[C@H](COP(=S)(N[C@H](C)C(=O)OC(C)C)Oc2ccccc2)C[C@@H]1C. The Hall–Kier alpha value is -2.83. The number of hydrogen-bond donors (Lipinski definition) is 3. The second-order valence-corrected chi connectivity index (χ2v) is 12.5. The molecule has 1 fully saturated rings. The molecule has 1 aromatic carbocycles. The number of nitrogens with zero attached hydrogens (tertiary/aromatic N) is 4. The number of ether oxygens (including phenoxy) is 2. The van der Waals surface area contributed by atoms with E-state index >= 15 is 0 Å². The highest BCUT2D eigenvalue weighted by Crippen LogP contribution is 2.47. The van der Waals surface area contributed by atoms with Gasteiger partial charge < -0.3 is 29.6 Å². The molecule has 4 N–H and O–H groups in total. The van der Waals surface area contributed by atoms with Gasteiger partial charge in [-0.25, -0.2) is 10.1 Å². The summed E-state index contributed by atoms with van der Waals surface area (Å²) in [7, 11) is 1.75. The zero-order chi connectivity index (χ0) is 27.4. The van der Waals surface area contributed by atoms with E-state index < -0.39 is 18.7 Å². The molecule has 38 heavy (non-hydrogen) atoms. The summed E-state index contributed by atoms with van der Waals surface area (Å²) in [5, 5.41) is 6.06. The summed E-state index contributed by atoms with van der Waals surface area (Å²) in [6, 6.07) is 8.38. The molecule has 5 atom stereocenters. The van der Waals surface area contributed by atoms with Crippen molar-refractivity contribution in [1.29, 1.82) is 0 Å². The van der Waals surface area contributed by atoms with E-state index in [0.717, 1.165) is 0 Å². The maximum Gasteiger partial charge on any atom is 0.323 e. The van der Waals surface area contributed by atoms with E-state index in [1.165, 1.54) is 0 Å². The lowest BCUT2D eigenvalue weighted by atomic mass is 10.1. The molecular formula is C24H34N7O5PS. The van der Waals surface area contributed by atoms with E-state index in [-0.39, 0.29) is 36.9 Å². The van der Waals surface area contributed by atoms with E-state index in [2.05, 4.69) is 32.3 Å². The molecule has 3 aromatic rings. The molecule has 0 spiro atoms. The van der Waals surface area contributed by atoms with Crippen molar-refractivity contribution in [3.8, 4) is 5.75 Å². The third kappa shape index (κ3) is 6.59. The first-order chi connectivity index (χ1) is 18.1. The minimum atomic E-state index is -3.17. The number of para-hydroxylation sites is 1. The van der Waals surface area contributed by atoms with Gasteiger partial charge in [0.2, 0.25) is 5.95 Å². The Morgan fingerprint density at radius 3 is 2.71 bits per heavy atom. The largest absolute Gasteiger partial charge is 0.462 e. The fourth-order valence-electron chi connectivity index (χ4n) is 4.17. The molecule has 0 aliphatic carbocycles. The average molecular weight is 564 g/mol. The minimum absolute atomic E-state index is 0.121. The molecular weight excluding hydrogens is 529 g/mol. The van der Waals surface area contributed by atoms with Crippen LogP contribution in [0.4, 0.5) is 11.8 Å². The van der Waals surface area contributed by atoms with E-state index in [1.807, 2.05) is 22.8 Å². The van der Waals surface area contributed by atoms with Crippen LogP contribution in [0.2, 0.25) is 0 Å². The van der Waals surface area contributed by atoms with Crippen LogP contribution < -0.4 is 20.7 Å². The Kier molecular flexibility index (Phi) is 8.84. The molecule has 1 unspecified atom stereocenters. The molecule has 14 heteroatoms. The molecule has 4 rings (SSSR count). The van der Waals surface area contributed by atoms with E-state index in [9.17, 15) is 4.79 Å². The number of anilines is 2. The lowest BCUT2D eigenvalue weighted by Gasteiger charge is -2.27. The number of aromatic nitrogens is 4. The predicted molar refractivity (Wildman–Crippen MR) is 148 cm³/mol. The molecule has 1 aliphatic heterocycles. The first kappa shape index (κ1) is 28.2. The number of hydrogen-bond acceptors (Lipinski definition) is 11. The molecule has 12 nitrogen and oxygen atoms in total. The van der Waals surface area contributed by atoms with Crippen molar-refractivity contribution < 1.29 is 23.3 Å². The number of rotatable bonds is 11. The number of carbonyl (C=O) groups excluding carboxylic acids is 1. The monoisotopic (exact) mass is 563 g/mol. The number of imidazole rings is 1. The highest BCUT2D eigenvalue weighted by Gasteiger charge is 2.37. The van der Waals surface area contributed by atoms with E-state index in [4.69, 9.17) is 36.1 Å². The molecule has 3 heterocycles. The van der Waals surface area contributed by atoms with Gasteiger partial charge in [-0.2, -0.15) is 9.97 Å². The number of esters is 1. The van der Waals surface area contributed by atoms with Crippen LogP contribution >= 0.6 is 6.64 Å². The van der Waals surface area contributed by atoms with Gasteiger partial charge in [0.1, 0.15) is 18.0 Å². The Labute approximate surface area is 226 Å². The number of nitrogens with one attached hydrogen (secondary N) is 2. The van der Waals surface area contributed by atoms with Gasteiger partial charge in [0.25, 0.3) is 0 Å². The van der Waals surface area contributed by atoms with Gasteiger partial charge in [-0.1, -0.05) is 25.1 Å². The smallest absolute Gasteiger partial charge is 0.323 e. The molecule has 0 radical (unpaired) electrons. The molecule has 0 saturated carbocycles. The van der Waals surface area contributed by atoms with Gasteiger partial charge in [0.15, 0.2) is 17.0 Å². The lowest BCUT2D eigenvalue weighted by Crippen LogP contribution is -2.36. The van der Waals surface area contributed by atoms with Gasteiger partial charge in [-0.15, -0.1) is 0 Å². The molecule has 2 aromatic heterocycles. The maximum absolute atomic E-state index is 12.5. The summed E-state index contributed by atoms with van der Waals surface area (Å²) in [4.78, 5) is 25.5. The summed E-state index contributed by atoms with van der Waals surface area (Å²) in [6.07, 6.45) is 1.51. The summed E-state index contributed by atoms with van der Waals surface area (Å²) in [6.45, 7) is 4.33. The van der Waals surface area contributed by atoms with E-state index in [0.29, 0.717) is 29.2 Å². The van der Waals surface area contributed by atoms with Crippen LogP contribution in [0.15, 0.2) is 36.7 Å². The number of nitrogens with two attached hydrogens (primary N) is 1. The third-order valence-corrected chi connectivity index (χ3v) is 8.36. The van der Waals surface area contributed by atoms with Gasteiger partial charge in [0, 0.05) is 13.0 Å². The van der Waals surface area contributed by atoms with Gasteiger partial charge in [-0.3, -0.25) is 9.36 Å². The molecule has 1 saturated heterocycles. The van der Waals surface area contributed by atoms with Crippen molar-refractivity contribution in [2.75, 3.05) is 24.7 Å². The second kappa shape index (κ2) is 11.9. The first-order valence-corrected chi connectivity index (χ1v) is 15.0. The summed E-state index contributed by atoms with van der Waals surface area (Å²) in [5.74, 6) is 0.912. The normalized spacial score (nSPS) is 21.8. The van der Waals surface area contributed by atoms with Gasteiger partial charge >= 0.3 is 12.6 Å². The average Bonchev–Trinajstić information content (AvgIpc) is 3.45. The third-order valence-electron chi connectivity index (χ3n) is 5.86. The quantitative estimate of drug-likeness (QED) is 0.231. The van der Waals surface area contributed by atoms with Crippen LogP contribution in [-0.2, 0) is 30.6 Å².